The summed E-state index contributed by atoms with van der Waals surface area (Å²) in [6.45, 7) is 13.2. The molecule has 6 heteroatoms. The van der Waals surface area contributed by atoms with E-state index in [2.05, 4.69) is 38.4 Å². The lowest BCUT2D eigenvalue weighted by molar-refractivity contribution is -0.186. The van der Waals surface area contributed by atoms with E-state index in [4.69, 9.17) is 14.2 Å². The van der Waals surface area contributed by atoms with Gasteiger partial charge in [0.15, 0.2) is 6.10 Å². The number of carbonyl (C=O) groups is 1. The molecule has 0 aliphatic carbocycles. The van der Waals surface area contributed by atoms with Gasteiger partial charge in [0, 0.05) is 27.8 Å². The van der Waals surface area contributed by atoms with Gasteiger partial charge in [-0.3, -0.25) is 9.69 Å². The molecule has 180 valence electrons. The highest BCUT2D eigenvalue weighted by molar-refractivity contribution is 6.76. The van der Waals surface area contributed by atoms with Gasteiger partial charge in [0.25, 0.3) is 0 Å². The molecule has 0 saturated carbocycles. The first-order chi connectivity index (χ1) is 15.2. The number of carbonyl (C=O) groups excluding carboxylic acids is 1. The van der Waals surface area contributed by atoms with Crippen LogP contribution in [-0.4, -0.2) is 63.0 Å². The maximum absolute atomic E-state index is 12.8. The van der Waals surface area contributed by atoms with Crippen LogP contribution in [-0.2, 0) is 19.0 Å². The van der Waals surface area contributed by atoms with Gasteiger partial charge < -0.3 is 14.2 Å². The minimum absolute atomic E-state index is 0.00298. The smallest absolute Gasteiger partial charge is 0.308 e. The van der Waals surface area contributed by atoms with E-state index in [1.165, 1.54) is 0 Å². The summed E-state index contributed by atoms with van der Waals surface area (Å²) in [6.07, 6.45) is 3.98. The Bertz CT molecular complexity index is 723. The second-order valence-corrected chi connectivity index (χ2v) is 16.2. The zero-order valence-corrected chi connectivity index (χ0v) is 21.9. The predicted molar refractivity (Wildman–Crippen MR) is 132 cm³/mol. The Labute approximate surface area is 195 Å². The first-order valence-electron chi connectivity index (χ1n) is 12.4. The number of rotatable bonds is 10. The van der Waals surface area contributed by atoms with E-state index in [0.717, 1.165) is 43.8 Å². The van der Waals surface area contributed by atoms with Gasteiger partial charge in [0.2, 0.25) is 0 Å². The molecule has 3 rings (SSSR count). The van der Waals surface area contributed by atoms with Crippen LogP contribution >= 0.6 is 0 Å². The molecule has 1 aromatic carbocycles. The van der Waals surface area contributed by atoms with Crippen LogP contribution in [0.5, 0.6) is 0 Å². The van der Waals surface area contributed by atoms with E-state index < -0.39 is 8.07 Å². The highest BCUT2D eigenvalue weighted by Crippen LogP contribution is 2.41. The van der Waals surface area contributed by atoms with Gasteiger partial charge in [0.05, 0.1) is 18.1 Å². The third-order valence-electron chi connectivity index (χ3n) is 7.53. The number of likely N-dealkylation sites (tertiary alicyclic amines) is 1. The van der Waals surface area contributed by atoms with Gasteiger partial charge in [-0.25, -0.2) is 0 Å². The molecule has 1 unspecified atom stereocenters. The molecule has 2 fully saturated rings. The fraction of sp³-hybridized carbons (Fsp3) is 0.731. The highest BCUT2D eigenvalue weighted by atomic mass is 28.3. The fourth-order valence-electron chi connectivity index (χ4n) is 5.55. The molecule has 4 atom stereocenters. The second kappa shape index (κ2) is 10.8. The molecule has 5 nitrogen and oxygen atoms in total. The first-order valence-corrected chi connectivity index (χ1v) is 16.1. The summed E-state index contributed by atoms with van der Waals surface area (Å²) in [5, 5.41) is 0. The minimum atomic E-state index is -1.24. The average Bonchev–Trinajstić information content (AvgIpc) is 3.26. The van der Waals surface area contributed by atoms with Gasteiger partial charge in [-0.05, 0) is 43.8 Å². The minimum Gasteiger partial charge on any atom is -0.455 e. The van der Waals surface area contributed by atoms with Gasteiger partial charge in [-0.1, -0.05) is 63.8 Å². The summed E-state index contributed by atoms with van der Waals surface area (Å²) in [5.74, 6) is -0.129. The van der Waals surface area contributed by atoms with E-state index >= 15 is 0 Å². The molecule has 2 aliphatic heterocycles. The third-order valence-corrected chi connectivity index (χ3v) is 9.24. The number of cyclic esters (lactones) is 1. The van der Waals surface area contributed by atoms with Crippen molar-refractivity contribution in [1.29, 1.82) is 0 Å². The molecule has 2 saturated heterocycles. The Morgan fingerprint density at radius 3 is 2.44 bits per heavy atom. The van der Waals surface area contributed by atoms with Crippen molar-refractivity contribution in [1.82, 2.24) is 4.90 Å². The van der Waals surface area contributed by atoms with Crippen LogP contribution in [0.15, 0.2) is 30.3 Å². The van der Waals surface area contributed by atoms with E-state index in [-0.39, 0.29) is 35.9 Å². The molecular formula is C26H43NO4Si. The van der Waals surface area contributed by atoms with Crippen molar-refractivity contribution in [3.05, 3.63) is 35.9 Å². The van der Waals surface area contributed by atoms with Crippen LogP contribution in [0, 0.1) is 0 Å². The van der Waals surface area contributed by atoms with Crippen LogP contribution in [0.25, 0.3) is 0 Å². The molecule has 0 aromatic heterocycles. The van der Waals surface area contributed by atoms with Gasteiger partial charge in [0.1, 0.15) is 6.10 Å². The SMILES string of the molecule is CCC(CC)(OC)[C@@H]1CCCN1C1CC(=O)O[C@H](c2ccccc2)[C@@H]1OCC[Si](C)(C)C. The Morgan fingerprint density at radius 1 is 1.16 bits per heavy atom. The number of methoxy groups -OCH3 is 1. The molecule has 32 heavy (non-hydrogen) atoms. The largest absolute Gasteiger partial charge is 0.455 e. The maximum atomic E-state index is 12.8. The van der Waals surface area contributed by atoms with Crippen molar-refractivity contribution in [2.24, 2.45) is 0 Å². The number of esters is 1. The standard InChI is InChI=1S/C26H43NO4Si/c1-7-26(8-2,29-3)22-15-12-16-27(22)21-19-23(28)31-24(20-13-10-9-11-14-20)25(21)30-17-18-32(4,5)6/h9-11,13-14,21-22,24-25H,7-8,12,15-19H2,1-6H3/t21?,22-,24+,25+/m0/s1. The normalized spacial score (nSPS) is 27.5. The Morgan fingerprint density at radius 2 is 1.84 bits per heavy atom. The maximum Gasteiger partial charge on any atom is 0.308 e. The Kier molecular flexibility index (Phi) is 8.58. The van der Waals surface area contributed by atoms with Crippen LogP contribution in [0.3, 0.4) is 0 Å². The lowest BCUT2D eigenvalue weighted by atomic mass is 9.84. The van der Waals surface area contributed by atoms with Gasteiger partial charge in [-0.2, -0.15) is 0 Å². The molecular weight excluding hydrogens is 418 g/mol. The number of benzene rings is 1. The van der Waals surface area contributed by atoms with Crippen molar-refractivity contribution in [3.63, 3.8) is 0 Å². The lowest BCUT2D eigenvalue weighted by Gasteiger charge is -2.48. The number of ether oxygens (including phenoxy) is 3. The van der Waals surface area contributed by atoms with E-state index in [9.17, 15) is 4.79 Å². The Hall–Kier alpha value is -1.21. The average molecular weight is 462 g/mol. The second-order valence-electron chi connectivity index (χ2n) is 10.6. The quantitative estimate of drug-likeness (QED) is 0.343. The zero-order valence-electron chi connectivity index (χ0n) is 20.9. The molecule has 0 N–H and O–H groups in total. The molecule has 2 aliphatic rings. The monoisotopic (exact) mass is 461 g/mol. The molecule has 2 heterocycles. The van der Waals surface area contributed by atoms with Crippen LogP contribution in [0.4, 0.5) is 0 Å². The Balaban J connectivity index is 1.93. The van der Waals surface area contributed by atoms with Crippen molar-refractivity contribution in [2.75, 3.05) is 20.3 Å². The van der Waals surface area contributed by atoms with Gasteiger partial charge in [-0.15, -0.1) is 0 Å². The van der Waals surface area contributed by atoms with Crippen molar-refractivity contribution in [2.45, 2.75) is 102 Å². The number of hydrogen-bond donors (Lipinski definition) is 0. The van der Waals surface area contributed by atoms with E-state index in [1.54, 1.807) is 0 Å². The summed E-state index contributed by atoms with van der Waals surface area (Å²) < 4.78 is 18.7. The van der Waals surface area contributed by atoms with E-state index in [1.807, 2.05) is 37.4 Å². The topological polar surface area (TPSA) is 48.0 Å². The number of hydrogen-bond acceptors (Lipinski definition) is 5. The highest BCUT2D eigenvalue weighted by Gasteiger charge is 2.50. The molecule has 0 amide bonds. The van der Waals surface area contributed by atoms with Crippen LogP contribution < -0.4 is 0 Å². The first kappa shape index (κ1) is 25.4. The van der Waals surface area contributed by atoms with Crippen LogP contribution in [0.2, 0.25) is 25.7 Å². The molecule has 0 spiro atoms. The van der Waals surface area contributed by atoms with Crippen molar-refractivity contribution >= 4 is 14.0 Å². The summed E-state index contributed by atoms with van der Waals surface area (Å²) in [7, 11) is 0.603. The molecule has 1 aromatic rings. The zero-order chi connectivity index (χ0) is 23.4. The third kappa shape index (κ3) is 5.64. The van der Waals surface area contributed by atoms with E-state index in [0.29, 0.717) is 13.0 Å². The van der Waals surface area contributed by atoms with Crippen LogP contribution in [0.1, 0.15) is 57.6 Å². The molecule has 0 radical (unpaired) electrons. The fourth-order valence-corrected chi connectivity index (χ4v) is 6.28. The summed E-state index contributed by atoms with van der Waals surface area (Å²) in [5.41, 5.74) is 0.825. The summed E-state index contributed by atoms with van der Waals surface area (Å²) in [6, 6.07) is 11.5. The van der Waals surface area contributed by atoms with Gasteiger partial charge >= 0.3 is 5.97 Å². The lowest BCUT2D eigenvalue weighted by Crippen LogP contribution is -2.59. The molecule has 0 bridgehead atoms. The predicted octanol–water partition coefficient (Wildman–Crippen LogP) is 5.44. The van der Waals surface area contributed by atoms with Crippen molar-refractivity contribution in [3.8, 4) is 0 Å². The van der Waals surface area contributed by atoms with Crippen molar-refractivity contribution < 1.29 is 19.0 Å². The summed E-state index contributed by atoms with van der Waals surface area (Å²) in [4.78, 5) is 15.4. The summed E-state index contributed by atoms with van der Waals surface area (Å²) >= 11 is 0. The number of nitrogens with zero attached hydrogens (tertiary/aromatic N) is 1.